The Morgan fingerprint density at radius 1 is 1.36 bits per heavy atom. The van der Waals surface area contributed by atoms with E-state index in [0.29, 0.717) is 0 Å². The van der Waals surface area contributed by atoms with Crippen LogP contribution in [0.25, 0.3) is 0 Å². The van der Waals surface area contributed by atoms with Gasteiger partial charge in [-0.25, -0.2) is 4.39 Å². The number of amides is 3. The second-order valence-corrected chi connectivity index (χ2v) is 6.39. The molecule has 2 aliphatic heterocycles. The molecule has 1 unspecified atom stereocenters. The smallest absolute Gasteiger partial charge is 0.254 e. The van der Waals surface area contributed by atoms with Crippen molar-refractivity contribution in [2.75, 3.05) is 24.5 Å². The summed E-state index contributed by atoms with van der Waals surface area (Å²) in [5, 5.41) is 7.92. The lowest BCUT2D eigenvalue weighted by Gasteiger charge is -2.36. The van der Waals surface area contributed by atoms with Crippen LogP contribution in [0.3, 0.4) is 0 Å². The molecule has 8 heteroatoms. The van der Waals surface area contributed by atoms with Crippen molar-refractivity contribution < 1.29 is 18.8 Å². The van der Waals surface area contributed by atoms with Crippen LogP contribution in [0.1, 0.15) is 30.1 Å². The molecule has 1 aromatic carbocycles. The molecule has 0 aromatic heterocycles. The fraction of sp³-hybridized carbons (Fsp3) is 0.471. The topological polar surface area (TPSA) is 90.5 Å². The van der Waals surface area contributed by atoms with Gasteiger partial charge in [-0.1, -0.05) is 0 Å². The van der Waals surface area contributed by atoms with Gasteiger partial charge in [0.2, 0.25) is 11.8 Å². The highest BCUT2D eigenvalue weighted by molar-refractivity contribution is 6.03. The minimum atomic E-state index is -0.822. The summed E-state index contributed by atoms with van der Waals surface area (Å²) in [4.78, 5) is 37.2. The maximum atomic E-state index is 14.4. The number of hydrogen-bond donors (Lipinski definition) is 3. The molecule has 2 saturated heterocycles. The molecule has 3 rings (SSSR count). The van der Waals surface area contributed by atoms with E-state index in [-0.39, 0.29) is 30.4 Å². The Morgan fingerprint density at radius 2 is 2.16 bits per heavy atom. The van der Waals surface area contributed by atoms with Gasteiger partial charge in [-0.05, 0) is 31.5 Å². The number of piperazine rings is 1. The van der Waals surface area contributed by atoms with Crippen LogP contribution >= 0.6 is 0 Å². The minimum Gasteiger partial charge on any atom is -0.366 e. The predicted molar refractivity (Wildman–Crippen MR) is 89.7 cm³/mol. The summed E-state index contributed by atoms with van der Waals surface area (Å²) in [5.41, 5.74) is 0.611. The van der Waals surface area contributed by atoms with Gasteiger partial charge in [0.25, 0.3) is 5.91 Å². The van der Waals surface area contributed by atoms with Crippen LogP contribution in [-0.4, -0.2) is 49.4 Å². The van der Waals surface area contributed by atoms with E-state index in [1.165, 1.54) is 12.1 Å². The van der Waals surface area contributed by atoms with Crippen LogP contribution in [0.5, 0.6) is 0 Å². The first kappa shape index (κ1) is 17.3. The number of anilines is 1. The number of carbonyl (C=O) groups is 3. The van der Waals surface area contributed by atoms with Crippen molar-refractivity contribution in [2.45, 2.75) is 31.8 Å². The second-order valence-electron chi connectivity index (χ2n) is 6.39. The van der Waals surface area contributed by atoms with E-state index < -0.39 is 23.7 Å². The van der Waals surface area contributed by atoms with E-state index in [1.807, 2.05) is 6.92 Å². The minimum absolute atomic E-state index is 0.115. The van der Waals surface area contributed by atoms with E-state index in [0.717, 1.165) is 25.3 Å². The fourth-order valence-corrected chi connectivity index (χ4v) is 3.16. The highest BCUT2D eigenvalue weighted by atomic mass is 19.1. The van der Waals surface area contributed by atoms with Gasteiger partial charge in [-0.15, -0.1) is 0 Å². The van der Waals surface area contributed by atoms with Gasteiger partial charge in [0.05, 0.1) is 5.56 Å². The Hall–Kier alpha value is -2.48. The van der Waals surface area contributed by atoms with Crippen molar-refractivity contribution in [1.82, 2.24) is 16.0 Å². The molecule has 2 fully saturated rings. The molecule has 3 N–H and O–H groups in total. The standard InChI is InChI=1S/C17H21FN4O3/c1-10-9-19-6-7-22(10)11-2-3-12(13(18)8-11)16(24)20-14-4-5-15(23)21-17(14)25/h2-3,8,10,14,19H,4-7,9H2,1H3,(H,20,24)(H,21,23,25)/t10-,14?/m1/s1. The van der Waals surface area contributed by atoms with E-state index in [4.69, 9.17) is 0 Å². The fourth-order valence-electron chi connectivity index (χ4n) is 3.16. The van der Waals surface area contributed by atoms with E-state index >= 15 is 0 Å². The lowest BCUT2D eigenvalue weighted by molar-refractivity contribution is -0.134. The number of carbonyl (C=O) groups excluding carboxylic acids is 3. The quantitative estimate of drug-likeness (QED) is 0.677. The molecule has 2 heterocycles. The Bertz CT molecular complexity index is 709. The maximum absolute atomic E-state index is 14.4. The molecular formula is C17H21FN4O3. The number of imide groups is 1. The summed E-state index contributed by atoms with van der Waals surface area (Å²) >= 11 is 0. The highest BCUT2D eigenvalue weighted by Crippen LogP contribution is 2.22. The number of rotatable bonds is 3. The zero-order chi connectivity index (χ0) is 18.0. The predicted octanol–water partition coefficient (Wildman–Crippen LogP) is 0.159. The van der Waals surface area contributed by atoms with Crippen molar-refractivity contribution in [1.29, 1.82) is 0 Å². The van der Waals surface area contributed by atoms with Gasteiger partial charge in [0.1, 0.15) is 11.9 Å². The third kappa shape index (κ3) is 3.79. The van der Waals surface area contributed by atoms with Gasteiger partial charge in [-0.2, -0.15) is 0 Å². The first-order valence-corrected chi connectivity index (χ1v) is 8.37. The molecule has 3 amide bonds. The van der Waals surface area contributed by atoms with Gasteiger partial charge >= 0.3 is 0 Å². The molecule has 0 radical (unpaired) electrons. The summed E-state index contributed by atoms with van der Waals surface area (Å²) in [5.74, 6) is -2.22. The average Bonchev–Trinajstić information content (AvgIpc) is 2.57. The number of nitrogens with one attached hydrogen (secondary N) is 3. The van der Waals surface area contributed by atoms with E-state index in [1.54, 1.807) is 6.07 Å². The molecule has 134 valence electrons. The molecule has 7 nitrogen and oxygen atoms in total. The summed E-state index contributed by atoms with van der Waals surface area (Å²) in [7, 11) is 0. The van der Waals surface area contributed by atoms with Crippen molar-refractivity contribution in [3.63, 3.8) is 0 Å². The van der Waals surface area contributed by atoms with E-state index in [9.17, 15) is 18.8 Å². The number of piperidine rings is 1. The summed E-state index contributed by atoms with van der Waals surface area (Å²) < 4.78 is 14.4. The van der Waals surface area contributed by atoms with Gasteiger partial charge in [0, 0.05) is 37.8 Å². The van der Waals surface area contributed by atoms with Gasteiger partial charge in [-0.3, -0.25) is 19.7 Å². The summed E-state index contributed by atoms with van der Waals surface area (Å²) in [6.45, 7) is 4.46. The highest BCUT2D eigenvalue weighted by Gasteiger charge is 2.29. The first-order valence-electron chi connectivity index (χ1n) is 8.37. The summed E-state index contributed by atoms with van der Waals surface area (Å²) in [6, 6.07) is 3.90. The van der Waals surface area contributed by atoms with Crippen LogP contribution in [-0.2, 0) is 9.59 Å². The van der Waals surface area contributed by atoms with Crippen LogP contribution in [0.15, 0.2) is 18.2 Å². The average molecular weight is 348 g/mol. The lowest BCUT2D eigenvalue weighted by atomic mass is 10.0. The Kier molecular flexibility index (Phi) is 4.98. The van der Waals surface area contributed by atoms with Crippen LogP contribution in [0.4, 0.5) is 10.1 Å². The van der Waals surface area contributed by atoms with Crippen LogP contribution in [0, 0.1) is 5.82 Å². The Labute approximate surface area is 144 Å². The molecule has 0 bridgehead atoms. The third-order valence-corrected chi connectivity index (χ3v) is 4.57. The SMILES string of the molecule is C[C@@H]1CNCCN1c1ccc(C(=O)NC2CCC(=O)NC2=O)c(F)c1. The molecule has 0 saturated carbocycles. The zero-order valence-corrected chi connectivity index (χ0v) is 14.0. The van der Waals surface area contributed by atoms with Crippen molar-refractivity contribution in [3.8, 4) is 0 Å². The Morgan fingerprint density at radius 3 is 2.84 bits per heavy atom. The largest absolute Gasteiger partial charge is 0.366 e. The molecular weight excluding hydrogens is 327 g/mol. The van der Waals surface area contributed by atoms with E-state index in [2.05, 4.69) is 20.9 Å². The molecule has 0 spiro atoms. The van der Waals surface area contributed by atoms with Crippen LogP contribution in [0.2, 0.25) is 0 Å². The molecule has 25 heavy (non-hydrogen) atoms. The number of halogens is 1. The number of benzene rings is 1. The first-order chi connectivity index (χ1) is 12.0. The lowest BCUT2D eigenvalue weighted by Crippen LogP contribution is -2.52. The third-order valence-electron chi connectivity index (χ3n) is 4.57. The normalized spacial score (nSPS) is 24.0. The molecule has 1 aromatic rings. The molecule has 2 atom stereocenters. The molecule has 0 aliphatic carbocycles. The number of nitrogens with zero attached hydrogens (tertiary/aromatic N) is 1. The van der Waals surface area contributed by atoms with Crippen LogP contribution < -0.4 is 20.9 Å². The summed E-state index contributed by atoms with van der Waals surface area (Å²) in [6.07, 6.45) is 0.368. The van der Waals surface area contributed by atoms with Gasteiger partial charge < -0.3 is 15.5 Å². The van der Waals surface area contributed by atoms with Crippen molar-refractivity contribution in [2.24, 2.45) is 0 Å². The molecule has 2 aliphatic rings. The monoisotopic (exact) mass is 348 g/mol. The zero-order valence-electron chi connectivity index (χ0n) is 14.0. The Balaban J connectivity index is 1.71. The number of hydrogen-bond acceptors (Lipinski definition) is 5. The van der Waals surface area contributed by atoms with Crippen molar-refractivity contribution in [3.05, 3.63) is 29.6 Å². The second kappa shape index (κ2) is 7.18. The maximum Gasteiger partial charge on any atom is 0.254 e. The van der Waals surface area contributed by atoms with Gasteiger partial charge in [0.15, 0.2) is 0 Å². The van der Waals surface area contributed by atoms with Crippen molar-refractivity contribution >= 4 is 23.4 Å².